The van der Waals surface area contributed by atoms with Crippen LogP contribution in [0.5, 0.6) is 0 Å². The Morgan fingerprint density at radius 1 is 1.69 bits per heavy atom. The largest absolute Gasteiger partial charge is 0.463 e. The minimum atomic E-state index is -0.235. The van der Waals surface area contributed by atoms with E-state index in [2.05, 4.69) is 12.2 Å². The molecule has 1 unspecified atom stereocenters. The lowest BCUT2D eigenvalue weighted by Gasteiger charge is -2.10. The van der Waals surface area contributed by atoms with Gasteiger partial charge in [-0.25, -0.2) is 4.79 Å². The smallest absolute Gasteiger partial charge is 0.330 e. The maximum absolute atomic E-state index is 11.0. The number of hydrogen-bond donors (Lipinski definition) is 0. The van der Waals surface area contributed by atoms with E-state index in [-0.39, 0.29) is 5.97 Å². The summed E-state index contributed by atoms with van der Waals surface area (Å²) in [5.74, 6) is 0.194. The number of esters is 1. The molecule has 2 nitrogen and oxygen atoms in total. The Bertz CT molecular complexity index is 216. The molecule has 0 aliphatic heterocycles. The van der Waals surface area contributed by atoms with Gasteiger partial charge in [0, 0.05) is 6.08 Å². The van der Waals surface area contributed by atoms with Crippen molar-refractivity contribution in [2.75, 3.05) is 6.61 Å². The van der Waals surface area contributed by atoms with Crippen LogP contribution in [0.15, 0.2) is 24.3 Å². The summed E-state index contributed by atoms with van der Waals surface area (Å²) < 4.78 is 4.78. The van der Waals surface area contributed by atoms with E-state index in [4.69, 9.17) is 4.74 Å². The molecule has 0 heterocycles. The first-order valence-corrected chi connectivity index (χ1v) is 4.84. The van der Waals surface area contributed by atoms with Crippen LogP contribution in [0, 0.1) is 5.92 Å². The van der Waals surface area contributed by atoms with E-state index in [9.17, 15) is 4.79 Å². The zero-order valence-corrected chi connectivity index (χ0v) is 8.03. The van der Waals surface area contributed by atoms with Crippen LogP contribution in [0.4, 0.5) is 0 Å². The molecule has 0 N–H and O–H groups in total. The molecule has 72 valence electrons. The fourth-order valence-corrected chi connectivity index (χ4v) is 1.39. The molecule has 1 aliphatic rings. The van der Waals surface area contributed by atoms with Gasteiger partial charge in [0.15, 0.2) is 0 Å². The van der Waals surface area contributed by atoms with Crippen molar-refractivity contribution in [3.8, 4) is 0 Å². The van der Waals surface area contributed by atoms with Gasteiger partial charge in [0.1, 0.15) is 0 Å². The Morgan fingerprint density at radius 2 is 2.54 bits per heavy atom. The first-order chi connectivity index (χ1) is 6.33. The summed E-state index contributed by atoms with van der Waals surface area (Å²) in [6.45, 7) is 2.26. The average Bonchev–Trinajstić information content (AvgIpc) is 2.17. The third kappa shape index (κ3) is 3.92. The molecule has 13 heavy (non-hydrogen) atoms. The summed E-state index contributed by atoms with van der Waals surface area (Å²) in [4.78, 5) is 11.0. The van der Waals surface area contributed by atoms with Gasteiger partial charge in [0.2, 0.25) is 0 Å². The maximum atomic E-state index is 11.0. The lowest BCUT2D eigenvalue weighted by atomic mass is 9.96. The van der Waals surface area contributed by atoms with E-state index in [1.54, 1.807) is 0 Å². The highest BCUT2D eigenvalue weighted by Crippen LogP contribution is 2.17. The van der Waals surface area contributed by atoms with Gasteiger partial charge < -0.3 is 4.74 Å². The number of hydrogen-bond acceptors (Lipinski definition) is 2. The Balaban J connectivity index is 2.33. The standard InChI is InChI=1S/C11H16O2/c1-2-13-11(12)9-8-10-6-4-3-5-7-10/h4,6,8-10H,2-3,5,7H2,1H3/b9-8+. The molecular weight excluding hydrogens is 164 g/mol. The molecule has 0 bridgehead atoms. The summed E-state index contributed by atoms with van der Waals surface area (Å²) in [6.07, 6.45) is 11.3. The molecule has 0 fully saturated rings. The van der Waals surface area contributed by atoms with Crippen molar-refractivity contribution in [2.24, 2.45) is 5.92 Å². The molecule has 0 aromatic carbocycles. The molecule has 0 saturated carbocycles. The third-order valence-corrected chi connectivity index (χ3v) is 2.06. The number of ether oxygens (including phenoxy) is 1. The Kier molecular flexibility index (Phi) is 4.30. The van der Waals surface area contributed by atoms with E-state index in [0.29, 0.717) is 12.5 Å². The highest BCUT2D eigenvalue weighted by Gasteiger charge is 2.04. The van der Waals surface area contributed by atoms with Crippen LogP contribution >= 0.6 is 0 Å². The lowest BCUT2D eigenvalue weighted by Crippen LogP contribution is -2.02. The topological polar surface area (TPSA) is 26.3 Å². The molecule has 1 aliphatic carbocycles. The van der Waals surface area contributed by atoms with Crippen LogP contribution in [0.2, 0.25) is 0 Å². The third-order valence-electron chi connectivity index (χ3n) is 2.06. The molecule has 0 saturated heterocycles. The molecule has 1 atom stereocenters. The van der Waals surface area contributed by atoms with E-state index in [1.807, 2.05) is 13.0 Å². The van der Waals surface area contributed by atoms with Crippen molar-refractivity contribution in [1.29, 1.82) is 0 Å². The quantitative estimate of drug-likeness (QED) is 0.379. The van der Waals surface area contributed by atoms with Crippen molar-refractivity contribution < 1.29 is 9.53 Å². The second kappa shape index (κ2) is 5.57. The molecule has 0 aromatic heterocycles. The van der Waals surface area contributed by atoms with Crippen molar-refractivity contribution in [2.45, 2.75) is 26.2 Å². The Labute approximate surface area is 79.3 Å². The fraction of sp³-hybridized carbons (Fsp3) is 0.545. The predicted molar refractivity (Wildman–Crippen MR) is 52.3 cm³/mol. The summed E-state index contributed by atoms with van der Waals surface area (Å²) in [6, 6.07) is 0. The second-order valence-corrected chi connectivity index (χ2v) is 3.13. The van der Waals surface area contributed by atoms with Gasteiger partial charge in [0.05, 0.1) is 6.61 Å². The first-order valence-electron chi connectivity index (χ1n) is 4.84. The van der Waals surface area contributed by atoms with Crippen molar-refractivity contribution >= 4 is 5.97 Å². The molecule has 0 aromatic rings. The Morgan fingerprint density at radius 3 is 3.15 bits per heavy atom. The van der Waals surface area contributed by atoms with Crippen LogP contribution < -0.4 is 0 Å². The monoisotopic (exact) mass is 180 g/mol. The summed E-state index contributed by atoms with van der Waals surface area (Å²) >= 11 is 0. The maximum Gasteiger partial charge on any atom is 0.330 e. The SMILES string of the molecule is CCOC(=O)/C=C/C1C=CCCC1. The normalized spacial score (nSPS) is 22.1. The van der Waals surface area contributed by atoms with Crippen LogP contribution in [-0.2, 0) is 9.53 Å². The van der Waals surface area contributed by atoms with Crippen LogP contribution in [0.1, 0.15) is 26.2 Å². The van der Waals surface area contributed by atoms with E-state index < -0.39 is 0 Å². The number of allylic oxidation sites excluding steroid dienone is 3. The summed E-state index contributed by atoms with van der Waals surface area (Å²) in [5.41, 5.74) is 0. The van der Waals surface area contributed by atoms with Crippen LogP contribution in [0.25, 0.3) is 0 Å². The van der Waals surface area contributed by atoms with E-state index in [0.717, 1.165) is 6.42 Å². The molecule has 2 heteroatoms. The zero-order valence-electron chi connectivity index (χ0n) is 8.03. The van der Waals surface area contributed by atoms with Gasteiger partial charge in [-0.05, 0) is 32.1 Å². The van der Waals surface area contributed by atoms with Crippen molar-refractivity contribution in [1.82, 2.24) is 0 Å². The predicted octanol–water partition coefficient (Wildman–Crippen LogP) is 2.46. The second-order valence-electron chi connectivity index (χ2n) is 3.13. The molecule has 1 rings (SSSR count). The molecule has 0 radical (unpaired) electrons. The van der Waals surface area contributed by atoms with Gasteiger partial charge in [-0.1, -0.05) is 18.2 Å². The van der Waals surface area contributed by atoms with E-state index >= 15 is 0 Å². The highest BCUT2D eigenvalue weighted by molar-refractivity contribution is 5.81. The summed E-state index contributed by atoms with van der Waals surface area (Å²) in [5, 5.41) is 0. The van der Waals surface area contributed by atoms with Gasteiger partial charge >= 0.3 is 5.97 Å². The molecule has 0 spiro atoms. The number of carbonyl (C=O) groups is 1. The van der Waals surface area contributed by atoms with Crippen LogP contribution in [-0.4, -0.2) is 12.6 Å². The van der Waals surface area contributed by atoms with Gasteiger partial charge in [-0.2, -0.15) is 0 Å². The Hall–Kier alpha value is -1.05. The van der Waals surface area contributed by atoms with Crippen LogP contribution in [0.3, 0.4) is 0 Å². The minimum absolute atomic E-state index is 0.235. The zero-order chi connectivity index (χ0) is 9.52. The minimum Gasteiger partial charge on any atom is -0.463 e. The molecular formula is C11H16O2. The fourth-order valence-electron chi connectivity index (χ4n) is 1.39. The van der Waals surface area contributed by atoms with Crippen molar-refractivity contribution in [3.63, 3.8) is 0 Å². The van der Waals surface area contributed by atoms with Gasteiger partial charge in [-0.3, -0.25) is 0 Å². The molecule has 0 amide bonds. The number of carbonyl (C=O) groups excluding carboxylic acids is 1. The first kappa shape index (κ1) is 10.0. The summed E-state index contributed by atoms with van der Waals surface area (Å²) in [7, 11) is 0. The average molecular weight is 180 g/mol. The van der Waals surface area contributed by atoms with Gasteiger partial charge in [0.25, 0.3) is 0 Å². The van der Waals surface area contributed by atoms with Crippen molar-refractivity contribution in [3.05, 3.63) is 24.3 Å². The lowest BCUT2D eigenvalue weighted by molar-refractivity contribution is -0.137. The highest BCUT2D eigenvalue weighted by atomic mass is 16.5. The number of rotatable bonds is 3. The van der Waals surface area contributed by atoms with Gasteiger partial charge in [-0.15, -0.1) is 0 Å². The van der Waals surface area contributed by atoms with E-state index in [1.165, 1.54) is 18.9 Å².